The first-order valence-corrected chi connectivity index (χ1v) is 0. The average molecular weight is 1780 g/mol. The minimum atomic E-state index is 0. The molecule has 20 radical (unpaired) electrons. The minimum Gasteiger partial charge on any atom is 0 e. The summed E-state index contributed by atoms with van der Waals surface area (Å²) in [5, 5.41) is 0. The molecule has 0 rings (SSSR count). The summed E-state index contributed by atoms with van der Waals surface area (Å²) in [5.41, 5.74) is 0. The average Bonchev–Trinajstić information content (AvgIpc) is 0. The van der Waals surface area contributed by atoms with Crippen molar-refractivity contribution in [3.63, 3.8) is 0 Å². The number of hydrogen-bond acceptors (Lipinski definition) is 0. The van der Waals surface area contributed by atoms with Gasteiger partial charge in [-0.15, -0.1) is 0 Å². The fourth-order valence-electron chi connectivity index (χ4n) is 0. The van der Waals surface area contributed by atoms with E-state index in [1.807, 2.05) is 0 Å². The van der Waals surface area contributed by atoms with Crippen molar-refractivity contribution in [2.24, 2.45) is 0 Å². The van der Waals surface area contributed by atoms with Gasteiger partial charge in [0, 0.05) is 654 Å². The third-order valence-electron chi connectivity index (χ3n) is 0. The third kappa shape index (κ3) is 126. The van der Waals surface area contributed by atoms with Crippen LogP contribution >= 0.6 is 0 Å². The molecule has 20 heteroatoms. The number of rotatable bonds is 0. The summed E-state index contributed by atoms with van der Waals surface area (Å²) in [4.78, 5) is 0. The summed E-state index contributed by atoms with van der Waals surface area (Å²) in [5.74, 6) is 0. The van der Waals surface area contributed by atoms with Crippen LogP contribution in [-0.2, 0) is 654 Å². The van der Waals surface area contributed by atoms with Crippen LogP contribution in [0.4, 0.5) is 0 Å². The van der Waals surface area contributed by atoms with Crippen molar-refractivity contribution in [3.8, 4) is 0 Å². The summed E-state index contributed by atoms with van der Waals surface area (Å²) in [7, 11) is 0. The van der Waals surface area contributed by atoms with Crippen LogP contribution in [0.3, 0.4) is 0 Å². The zero-order valence-electron chi connectivity index (χ0n) is 11.5. The maximum atomic E-state index is 0. The van der Waals surface area contributed by atoms with E-state index >= 15 is 0 Å². The van der Waals surface area contributed by atoms with E-state index in [2.05, 4.69) is 0 Å². The molecule has 0 spiro atoms. The Balaban J connectivity index is 0. The first kappa shape index (κ1) is 146. The van der Waals surface area contributed by atoms with Crippen molar-refractivity contribution >= 4 is 0 Å². The van der Waals surface area contributed by atoms with Crippen molar-refractivity contribution in [1.82, 2.24) is 0 Å². The molecule has 0 bridgehead atoms. The van der Waals surface area contributed by atoms with Gasteiger partial charge in [-0.1, -0.05) is 0 Å². The van der Waals surface area contributed by atoms with Gasteiger partial charge in [-0.05, 0) is 0 Å². The fourth-order valence-corrected chi connectivity index (χ4v) is 0. The standard InChI is InChI=1S/20Y. The van der Waals surface area contributed by atoms with Crippen LogP contribution in [0.2, 0.25) is 0 Å². The summed E-state index contributed by atoms with van der Waals surface area (Å²) in [6, 6.07) is 0. The van der Waals surface area contributed by atoms with Gasteiger partial charge >= 0.3 is 0 Å². The van der Waals surface area contributed by atoms with Crippen LogP contribution in [0.15, 0.2) is 0 Å². The van der Waals surface area contributed by atoms with Crippen LogP contribution in [0.5, 0.6) is 0 Å². The van der Waals surface area contributed by atoms with Gasteiger partial charge in [0.2, 0.25) is 0 Å². The Kier molecular flexibility index (Phi) is 986. The fraction of sp³-hybridized carbons (Fsp3) is 0. The van der Waals surface area contributed by atoms with Crippen LogP contribution in [0.1, 0.15) is 0 Å². The molecule has 0 nitrogen and oxygen atoms in total. The molecule has 0 atom stereocenters. The predicted octanol–water partition coefficient (Wildman–Crippen LogP) is -0.0500. The van der Waals surface area contributed by atoms with Crippen LogP contribution < -0.4 is 0 Å². The van der Waals surface area contributed by atoms with E-state index in [4.69, 9.17) is 0 Å². The summed E-state index contributed by atoms with van der Waals surface area (Å²) >= 11 is 0. The Labute approximate surface area is 629 Å². The Morgan fingerprint density at radius 1 is 0.0500 bits per heavy atom. The molecule has 60 valence electrons. The Bertz CT molecular complexity index is 0. The van der Waals surface area contributed by atoms with Gasteiger partial charge in [0.25, 0.3) is 0 Å². The minimum absolute atomic E-state index is 0. The molecule has 0 aliphatic rings. The second-order valence-electron chi connectivity index (χ2n) is 0. The molecule has 20 heavy (non-hydrogen) atoms. The molecule has 0 aliphatic heterocycles. The van der Waals surface area contributed by atoms with Crippen molar-refractivity contribution < 1.29 is 654 Å². The van der Waals surface area contributed by atoms with Gasteiger partial charge in [-0.25, -0.2) is 0 Å². The molecule has 0 aromatic carbocycles. The molecular weight excluding hydrogens is 1780 g/mol. The summed E-state index contributed by atoms with van der Waals surface area (Å²) < 4.78 is 0. The van der Waals surface area contributed by atoms with E-state index in [9.17, 15) is 0 Å². The topological polar surface area (TPSA) is 0 Å². The second kappa shape index (κ2) is 135. The van der Waals surface area contributed by atoms with Crippen molar-refractivity contribution in [2.45, 2.75) is 0 Å². The molecule has 0 saturated heterocycles. The Morgan fingerprint density at radius 3 is 0.0500 bits per heavy atom. The van der Waals surface area contributed by atoms with Crippen molar-refractivity contribution in [1.29, 1.82) is 0 Å². The smallest absolute Gasteiger partial charge is 0 e. The second-order valence-corrected chi connectivity index (χ2v) is 0. The van der Waals surface area contributed by atoms with E-state index < -0.39 is 0 Å². The van der Waals surface area contributed by atoms with Crippen molar-refractivity contribution in [3.05, 3.63) is 0 Å². The maximum absolute atomic E-state index is 0. The van der Waals surface area contributed by atoms with E-state index in [-0.39, 0.29) is 654 Å². The van der Waals surface area contributed by atoms with E-state index in [1.54, 1.807) is 0 Å². The van der Waals surface area contributed by atoms with E-state index in [0.29, 0.717) is 0 Å². The molecule has 0 heterocycles. The van der Waals surface area contributed by atoms with Gasteiger partial charge in [0.15, 0.2) is 0 Å². The molecule has 0 fully saturated rings. The first-order valence-electron chi connectivity index (χ1n) is 0. The largest absolute Gasteiger partial charge is 0 e. The zero-order valence-corrected chi connectivity index (χ0v) is 68.3. The van der Waals surface area contributed by atoms with Gasteiger partial charge < -0.3 is 0 Å². The zero-order chi connectivity index (χ0) is 0. The van der Waals surface area contributed by atoms with Crippen LogP contribution in [-0.4, -0.2) is 0 Å². The molecule has 0 aromatic rings. The SMILES string of the molecule is [Y].[Y].[Y].[Y].[Y].[Y].[Y].[Y].[Y].[Y].[Y].[Y].[Y].[Y].[Y].[Y].[Y].[Y].[Y].[Y]. The molecule has 0 amide bonds. The normalized spacial score (nSPS) is 0. The number of hydrogen-bond donors (Lipinski definition) is 0. The summed E-state index contributed by atoms with van der Waals surface area (Å²) in [6.07, 6.45) is 0. The molecule has 0 N–H and O–H groups in total. The molecule has 0 unspecified atom stereocenters. The molecule has 0 saturated carbocycles. The molecule has 0 aliphatic carbocycles. The first-order chi connectivity index (χ1) is 0. The monoisotopic (exact) mass is 1780 g/mol. The maximum Gasteiger partial charge on any atom is 0 e. The van der Waals surface area contributed by atoms with E-state index in [0.717, 1.165) is 0 Å². The Morgan fingerprint density at radius 2 is 0.0500 bits per heavy atom. The third-order valence-corrected chi connectivity index (χ3v) is 0. The van der Waals surface area contributed by atoms with E-state index in [1.165, 1.54) is 0 Å². The predicted molar refractivity (Wildman–Crippen MR) is 0 cm³/mol. The quantitative estimate of drug-likeness (QED) is 0.320. The molecular formula is Y20. The van der Waals surface area contributed by atoms with Gasteiger partial charge in [0.1, 0.15) is 0 Å². The Hall–Kier alpha value is 22.1. The van der Waals surface area contributed by atoms with Gasteiger partial charge in [0.05, 0.1) is 0 Å². The van der Waals surface area contributed by atoms with Gasteiger partial charge in [-0.2, -0.15) is 0 Å². The van der Waals surface area contributed by atoms with Crippen LogP contribution in [0, 0.1) is 0 Å². The van der Waals surface area contributed by atoms with Gasteiger partial charge in [-0.3, -0.25) is 0 Å². The summed E-state index contributed by atoms with van der Waals surface area (Å²) in [6.45, 7) is 0. The van der Waals surface area contributed by atoms with Crippen LogP contribution in [0.25, 0.3) is 0 Å². The van der Waals surface area contributed by atoms with Crippen molar-refractivity contribution in [2.75, 3.05) is 0 Å². The molecule has 0 aromatic heterocycles.